The minimum Gasteiger partial charge on any atom is -0.481 e. The Balaban J connectivity index is 3.91. The number of rotatable bonds is 6. The second kappa shape index (κ2) is 5.85. The molecule has 13 heavy (non-hydrogen) atoms. The van der Waals surface area contributed by atoms with Crippen molar-refractivity contribution in [3.63, 3.8) is 0 Å². The summed E-state index contributed by atoms with van der Waals surface area (Å²) in [5, 5.41) is 8.31. The van der Waals surface area contributed by atoms with Crippen molar-refractivity contribution in [2.45, 2.75) is 20.3 Å². The van der Waals surface area contributed by atoms with Crippen LogP contribution in [0.2, 0.25) is 0 Å². The van der Waals surface area contributed by atoms with Gasteiger partial charge < -0.3 is 5.11 Å². The molecular weight excluding hydrogens is 192 g/mol. The molecule has 76 valence electrons. The summed E-state index contributed by atoms with van der Waals surface area (Å²) < 4.78 is 11.1. The van der Waals surface area contributed by atoms with Gasteiger partial charge in [0.25, 0.3) is 0 Å². The first-order chi connectivity index (χ1) is 5.97. The van der Waals surface area contributed by atoms with E-state index in [2.05, 4.69) is 0 Å². The molecule has 0 bridgehead atoms. The van der Waals surface area contributed by atoms with Gasteiger partial charge in [-0.2, -0.15) is 0 Å². The smallest absolute Gasteiger partial charge is 0.316 e. The third-order valence-electron chi connectivity index (χ3n) is 1.62. The number of aliphatic carboxylic acids is 1. The Hall–Kier alpha value is -0.710. The van der Waals surface area contributed by atoms with Crippen LogP contribution in [0.3, 0.4) is 0 Å². The molecule has 0 radical (unpaired) electrons. The van der Waals surface area contributed by atoms with Gasteiger partial charge in [0.05, 0.1) is 0 Å². The third kappa shape index (κ3) is 5.52. The highest BCUT2D eigenvalue weighted by atomic mass is 32.2. The van der Waals surface area contributed by atoms with E-state index in [1.807, 2.05) is 0 Å². The Labute approximate surface area is 79.8 Å². The number of carbonyl (C=O) groups is 2. The summed E-state index contributed by atoms with van der Waals surface area (Å²) in [5.41, 5.74) is 0. The van der Waals surface area contributed by atoms with Gasteiger partial charge in [0.1, 0.15) is 11.5 Å². The molecule has 0 spiro atoms. The van der Waals surface area contributed by atoms with Crippen molar-refractivity contribution in [2.24, 2.45) is 5.92 Å². The predicted octanol–water partition coefficient (Wildman–Crippen LogP) is 0.435. The van der Waals surface area contributed by atoms with Gasteiger partial charge in [-0.25, -0.2) is 0 Å². The molecule has 4 nitrogen and oxygen atoms in total. The highest BCUT2D eigenvalue weighted by Gasteiger charge is 2.15. The van der Waals surface area contributed by atoms with Crippen molar-refractivity contribution in [2.75, 3.05) is 11.5 Å². The molecule has 0 aliphatic rings. The van der Waals surface area contributed by atoms with Gasteiger partial charge in [-0.3, -0.25) is 13.8 Å². The lowest BCUT2D eigenvalue weighted by molar-refractivity contribution is -0.134. The molecule has 0 rings (SSSR count). The SMILES string of the molecule is CCC(=O)C(C)CS(=O)CC(=O)O. The Kier molecular flexibility index (Phi) is 5.53. The summed E-state index contributed by atoms with van der Waals surface area (Å²) in [4.78, 5) is 21.2. The van der Waals surface area contributed by atoms with Crippen molar-refractivity contribution in [3.05, 3.63) is 0 Å². The number of carbonyl (C=O) groups excluding carboxylic acids is 1. The maximum Gasteiger partial charge on any atom is 0.316 e. The first-order valence-corrected chi connectivity index (χ1v) is 5.55. The van der Waals surface area contributed by atoms with Crippen LogP contribution in [0, 0.1) is 5.92 Å². The molecule has 0 aromatic heterocycles. The Morgan fingerprint density at radius 1 is 1.46 bits per heavy atom. The molecule has 2 unspecified atom stereocenters. The summed E-state index contributed by atoms with van der Waals surface area (Å²) in [6, 6.07) is 0. The van der Waals surface area contributed by atoms with Crippen molar-refractivity contribution < 1.29 is 18.9 Å². The van der Waals surface area contributed by atoms with E-state index in [0.29, 0.717) is 6.42 Å². The van der Waals surface area contributed by atoms with Gasteiger partial charge in [-0.1, -0.05) is 13.8 Å². The second-order valence-corrected chi connectivity index (χ2v) is 4.37. The van der Waals surface area contributed by atoms with Gasteiger partial charge in [-0.15, -0.1) is 0 Å². The molecule has 0 aromatic carbocycles. The zero-order valence-corrected chi connectivity index (χ0v) is 8.60. The van der Waals surface area contributed by atoms with Crippen LogP contribution < -0.4 is 0 Å². The molecule has 0 aliphatic carbocycles. The summed E-state index contributed by atoms with van der Waals surface area (Å²) in [5.74, 6) is -1.58. The molecule has 5 heteroatoms. The second-order valence-electron chi connectivity index (χ2n) is 2.87. The van der Waals surface area contributed by atoms with Gasteiger partial charge in [0.2, 0.25) is 0 Å². The average Bonchev–Trinajstić information content (AvgIpc) is 2.01. The summed E-state index contributed by atoms with van der Waals surface area (Å²) >= 11 is 0. The van der Waals surface area contributed by atoms with Gasteiger partial charge in [-0.05, 0) is 0 Å². The van der Waals surface area contributed by atoms with E-state index in [1.54, 1.807) is 13.8 Å². The highest BCUT2D eigenvalue weighted by Crippen LogP contribution is 2.02. The zero-order valence-electron chi connectivity index (χ0n) is 7.78. The maximum absolute atomic E-state index is 11.1. The Morgan fingerprint density at radius 3 is 2.38 bits per heavy atom. The molecule has 0 amide bonds. The molecule has 0 aromatic rings. The Morgan fingerprint density at radius 2 is 2.00 bits per heavy atom. The molecule has 0 fully saturated rings. The minimum atomic E-state index is -1.42. The predicted molar refractivity (Wildman–Crippen MR) is 50.0 cm³/mol. The molecular formula is C8H14O4S. The van der Waals surface area contributed by atoms with Crippen LogP contribution in [0.25, 0.3) is 0 Å². The quantitative estimate of drug-likeness (QED) is 0.684. The van der Waals surface area contributed by atoms with Crippen LogP contribution in [0.4, 0.5) is 0 Å². The van der Waals surface area contributed by atoms with Crippen LogP contribution in [-0.4, -0.2) is 32.6 Å². The third-order valence-corrected chi connectivity index (χ3v) is 3.06. The van der Waals surface area contributed by atoms with Crippen LogP contribution in [0.5, 0.6) is 0 Å². The van der Waals surface area contributed by atoms with Crippen LogP contribution in [-0.2, 0) is 20.4 Å². The first kappa shape index (κ1) is 12.3. The fourth-order valence-corrected chi connectivity index (χ4v) is 2.05. The van der Waals surface area contributed by atoms with Crippen LogP contribution in [0.1, 0.15) is 20.3 Å². The normalized spacial score (nSPS) is 14.9. The number of ketones is 1. The molecule has 1 N–H and O–H groups in total. The zero-order chi connectivity index (χ0) is 10.4. The molecule has 0 heterocycles. The van der Waals surface area contributed by atoms with E-state index in [0.717, 1.165) is 0 Å². The monoisotopic (exact) mass is 206 g/mol. The number of hydrogen-bond donors (Lipinski definition) is 1. The van der Waals surface area contributed by atoms with E-state index < -0.39 is 16.8 Å². The summed E-state index contributed by atoms with van der Waals surface area (Å²) in [7, 11) is -1.42. The van der Waals surface area contributed by atoms with E-state index in [9.17, 15) is 13.8 Å². The fourth-order valence-electron chi connectivity index (χ4n) is 0.917. The standard InChI is InChI=1S/C8H14O4S/c1-3-7(9)6(2)4-13(12)5-8(10)11/h6H,3-5H2,1-2H3,(H,10,11). The topological polar surface area (TPSA) is 71.4 Å². The van der Waals surface area contributed by atoms with Crippen LogP contribution >= 0.6 is 0 Å². The van der Waals surface area contributed by atoms with Crippen LogP contribution in [0.15, 0.2) is 0 Å². The van der Waals surface area contributed by atoms with Gasteiger partial charge in [0.15, 0.2) is 0 Å². The van der Waals surface area contributed by atoms with Crippen molar-refractivity contribution in [1.82, 2.24) is 0 Å². The van der Waals surface area contributed by atoms with Crippen molar-refractivity contribution in [1.29, 1.82) is 0 Å². The number of carboxylic acid groups (broad SMARTS) is 1. The minimum absolute atomic E-state index is 0.0266. The van der Waals surface area contributed by atoms with Gasteiger partial charge in [0, 0.05) is 28.9 Å². The largest absolute Gasteiger partial charge is 0.481 e. The van der Waals surface area contributed by atoms with E-state index in [4.69, 9.17) is 5.11 Å². The van der Waals surface area contributed by atoms with E-state index in [-0.39, 0.29) is 23.2 Å². The van der Waals surface area contributed by atoms with E-state index >= 15 is 0 Å². The number of Topliss-reactive ketones (excluding diaryl/α,β-unsaturated/α-hetero) is 1. The van der Waals surface area contributed by atoms with Crippen molar-refractivity contribution in [3.8, 4) is 0 Å². The number of hydrogen-bond acceptors (Lipinski definition) is 3. The maximum atomic E-state index is 11.1. The lowest BCUT2D eigenvalue weighted by Gasteiger charge is -2.06. The first-order valence-electron chi connectivity index (χ1n) is 4.06. The summed E-state index contributed by atoms with van der Waals surface area (Å²) in [6.45, 7) is 3.41. The van der Waals surface area contributed by atoms with Crippen molar-refractivity contribution >= 4 is 22.6 Å². The molecule has 0 saturated carbocycles. The summed E-state index contributed by atoms with van der Waals surface area (Å²) in [6.07, 6.45) is 0.408. The average molecular weight is 206 g/mol. The Bertz CT molecular complexity index is 224. The highest BCUT2D eigenvalue weighted by molar-refractivity contribution is 7.85. The lowest BCUT2D eigenvalue weighted by Crippen LogP contribution is -2.21. The molecule has 0 aliphatic heterocycles. The molecule has 0 saturated heterocycles. The van der Waals surface area contributed by atoms with E-state index in [1.165, 1.54) is 0 Å². The lowest BCUT2D eigenvalue weighted by atomic mass is 10.1. The number of carboxylic acids is 1. The molecule has 2 atom stereocenters. The fraction of sp³-hybridized carbons (Fsp3) is 0.750. The van der Waals surface area contributed by atoms with Gasteiger partial charge >= 0.3 is 5.97 Å².